The van der Waals surface area contributed by atoms with E-state index < -0.39 is 23.4 Å². The normalized spacial score (nSPS) is 10.8. The number of halogens is 3. The fourth-order valence-electron chi connectivity index (χ4n) is 0.915. The Morgan fingerprint density at radius 2 is 2.13 bits per heavy atom. The van der Waals surface area contributed by atoms with Gasteiger partial charge >= 0.3 is 12.1 Å². The largest absolute Gasteiger partial charge is 0.478 e. The van der Waals surface area contributed by atoms with Crippen molar-refractivity contribution in [1.29, 1.82) is 5.26 Å². The van der Waals surface area contributed by atoms with Crippen LogP contribution in [-0.2, 0) is 6.18 Å². The molecule has 0 aliphatic rings. The summed E-state index contributed by atoms with van der Waals surface area (Å²) in [4.78, 5) is 13.4. The van der Waals surface area contributed by atoms with Gasteiger partial charge in [-0.2, -0.15) is 18.4 Å². The van der Waals surface area contributed by atoms with Crippen molar-refractivity contribution >= 4 is 5.97 Å². The Hall–Kier alpha value is -2.10. The van der Waals surface area contributed by atoms with E-state index in [2.05, 4.69) is 4.98 Å². The van der Waals surface area contributed by atoms with Gasteiger partial charge in [0.2, 0.25) is 0 Å². The van der Waals surface area contributed by atoms with E-state index >= 15 is 0 Å². The van der Waals surface area contributed by atoms with Crippen molar-refractivity contribution < 1.29 is 23.1 Å². The van der Waals surface area contributed by atoms with Crippen LogP contribution < -0.4 is 0 Å². The van der Waals surface area contributed by atoms with Gasteiger partial charge in [0.05, 0.1) is 11.1 Å². The van der Waals surface area contributed by atoms with E-state index in [1.54, 1.807) is 0 Å². The van der Waals surface area contributed by atoms with Crippen LogP contribution in [0.25, 0.3) is 0 Å². The van der Waals surface area contributed by atoms with Gasteiger partial charge in [0.1, 0.15) is 6.07 Å². The van der Waals surface area contributed by atoms with Gasteiger partial charge in [-0.25, -0.2) is 9.78 Å². The third-order valence-electron chi connectivity index (χ3n) is 1.52. The maximum absolute atomic E-state index is 12.2. The summed E-state index contributed by atoms with van der Waals surface area (Å²) in [5.74, 6) is -1.77. The summed E-state index contributed by atoms with van der Waals surface area (Å²) in [5.41, 5.74) is -2.77. The first-order chi connectivity index (χ1) is 6.86. The molecule has 1 heterocycles. The second-order valence-electron chi connectivity index (χ2n) is 2.53. The Kier molecular flexibility index (Phi) is 2.61. The molecule has 0 atom stereocenters. The van der Waals surface area contributed by atoms with Crippen LogP contribution in [0, 0.1) is 11.3 Å². The summed E-state index contributed by atoms with van der Waals surface area (Å²) in [5, 5.41) is 16.9. The van der Waals surface area contributed by atoms with Crippen molar-refractivity contribution in [3.63, 3.8) is 0 Å². The highest BCUT2D eigenvalue weighted by Crippen LogP contribution is 2.30. The van der Waals surface area contributed by atoms with E-state index in [0.29, 0.717) is 12.3 Å². The first-order valence-corrected chi connectivity index (χ1v) is 3.57. The molecule has 0 radical (unpaired) electrons. The molecule has 15 heavy (non-hydrogen) atoms. The van der Waals surface area contributed by atoms with E-state index in [1.807, 2.05) is 0 Å². The molecule has 0 fully saturated rings. The molecule has 0 aliphatic heterocycles. The molecule has 0 bridgehead atoms. The summed E-state index contributed by atoms with van der Waals surface area (Å²) in [6.45, 7) is 0. The lowest BCUT2D eigenvalue weighted by molar-refractivity contribution is -0.141. The molecular weight excluding hydrogens is 213 g/mol. The number of carbonyl (C=O) groups is 1. The van der Waals surface area contributed by atoms with E-state index in [-0.39, 0.29) is 5.56 Å². The van der Waals surface area contributed by atoms with E-state index in [9.17, 15) is 18.0 Å². The zero-order chi connectivity index (χ0) is 11.6. The van der Waals surface area contributed by atoms with Crippen LogP contribution in [0.15, 0.2) is 12.3 Å². The van der Waals surface area contributed by atoms with Gasteiger partial charge in [-0.05, 0) is 6.07 Å². The number of nitriles is 1. The van der Waals surface area contributed by atoms with Crippen LogP contribution in [0.5, 0.6) is 0 Å². The summed E-state index contributed by atoms with van der Waals surface area (Å²) in [6.07, 6.45) is -4.17. The van der Waals surface area contributed by atoms with Gasteiger partial charge in [0, 0.05) is 6.20 Å². The average molecular weight is 216 g/mol. The van der Waals surface area contributed by atoms with Crippen LogP contribution >= 0.6 is 0 Å². The van der Waals surface area contributed by atoms with Crippen LogP contribution in [0.2, 0.25) is 0 Å². The van der Waals surface area contributed by atoms with Crippen molar-refractivity contribution in [1.82, 2.24) is 4.98 Å². The molecule has 0 spiro atoms. The number of carboxylic acid groups (broad SMARTS) is 1. The van der Waals surface area contributed by atoms with Crippen LogP contribution in [-0.4, -0.2) is 16.1 Å². The minimum Gasteiger partial charge on any atom is -0.478 e. The summed E-state index contributed by atoms with van der Waals surface area (Å²) in [6, 6.07) is 2.14. The quantitative estimate of drug-likeness (QED) is 0.774. The molecule has 0 saturated carbocycles. The standard InChI is InChI=1S/C8H3F3N2O2/c9-8(10,11)6-5(7(14)15)1-4(2-12)3-13-6/h1,3H,(H,14,15). The number of hydrogen-bond donors (Lipinski definition) is 1. The predicted molar refractivity (Wildman–Crippen MR) is 40.9 cm³/mol. The van der Waals surface area contributed by atoms with Gasteiger partial charge in [-0.1, -0.05) is 0 Å². The Bertz CT molecular complexity index is 448. The van der Waals surface area contributed by atoms with Gasteiger partial charge in [0.25, 0.3) is 0 Å². The van der Waals surface area contributed by atoms with Crippen molar-refractivity contribution in [3.8, 4) is 6.07 Å². The van der Waals surface area contributed by atoms with Crippen molar-refractivity contribution in [2.24, 2.45) is 0 Å². The third kappa shape index (κ3) is 2.22. The lowest BCUT2D eigenvalue weighted by Crippen LogP contribution is -2.15. The zero-order valence-electron chi connectivity index (χ0n) is 7.04. The van der Waals surface area contributed by atoms with E-state index in [4.69, 9.17) is 10.4 Å². The third-order valence-corrected chi connectivity index (χ3v) is 1.52. The van der Waals surface area contributed by atoms with Crippen molar-refractivity contribution in [3.05, 3.63) is 29.1 Å². The molecule has 1 aromatic heterocycles. The van der Waals surface area contributed by atoms with Crippen LogP contribution in [0.3, 0.4) is 0 Å². The molecule has 0 saturated heterocycles. The zero-order valence-corrected chi connectivity index (χ0v) is 7.04. The van der Waals surface area contributed by atoms with Gasteiger partial charge in [-0.15, -0.1) is 0 Å². The predicted octanol–water partition coefficient (Wildman–Crippen LogP) is 1.67. The Morgan fingerprint density at radius 3 is 2.53 bits per heavy atom. The Balaban J connectivity index is 3.42. The SMILES string of the molecule is N#Cc1cnc(C(F)(F)F)c(C(=O)O)c1. The van der Waals surface area contributed by atoms with Crippen LogP contribution in [0.1, 0.15) is 21.6 Å². The minimum atomic E-state index is -4.85. The maximum atomic E-state index is 12.2. The first kappa shape index (κ1) is 11.0. The molecule has 78 valence electrons. The second kappa shape index (κ2) is 3.57. The highest BCUT2D eigenvalue weighted by Gasteiger charge is 2.37. The lowest BCUT2D eigenvalue weighted by Gasteiger charge is -2.08. The van der Waals surface area contributed by atoms with Crippen LogP contribution in [0.4, 0.5) is 13.2 Å². The first-order valence-electron chi connectivity index (χ1n) is 3.57. The highest BCUT2D eigenvalue weighted by molar-refractivity contribution is 5.89. The molecule has 1 aromatic rings. The number of pyridine rings is 1. The molecule has 7 heteroatoms. The summed E-state index contributed by atoms with van der Waals surface area (Å²) in [7, 11) is 0. The van der Waals surface area contributed by atoms with Crippen molar-refractivity contribution in [2.75, 3.05) is 0 Å². The monoisotopic (exact) mass is 216 g/mol. The number of aromatic carboxylic acids is 1. The van der Waals surface area contributed by atoms with E-state index in [0.717, 1.165) is 0 Å². The molecule has 4 nitrogen and oxygen atoms in total. The molecule has 0 aliphatic carbocycles. The van der Waals surface area contributed by atoms with Gasteiger partial charge in [0.15, 0.2) is 5.69 Å². The number of carboxylic acids is 1. The number of nitrogens with zero attached hydrogens (tertiary/aromatic N) is 2. The Labute approximate surface area is 81.6 Å². The fraction of sp³-hybridized carbons (Fsp3) is 0.125. The number of hydrogen-bond acceptors (Lipinski definition) is 3. The van der Waals surface area contributed by atoms with Crippen molar-refractivity contribution in [2.45, 2.75) is 6.18 Å². The molecular formula is C8H3F3N2O2. The molecule has 0 amide bonds. The number of alkyl halides is 3. The number of rotatable bonds is 1. The maximum Gasteiger partial charge on any atom is 0.434 e. The van der Waals surface area contributed by atoms with Gasteiger partial charge in [-0.3, -0.25) is 0 Å². The summed E-state index contributed by atoms with van der Waals surface area (Å²) < 4.78 is 36.7. The number of aromatic nitrogens is 1. The van der Waals surface area contributed by atoms with E-state index in [1.165, 1.54) is 6.07 Å². The lowest BCUT2D eigenvalue weighted by atomic mass is 10.1. The summed E-state index contributed by atoms with van der Waals surface area (Å²) >= 11 is 0. The highest BCUT2D eigenvalue weighted by atomic mass is 19.4. The smallest absolute Gasteiger partial charge is 0.434 e. The molecule has 0 unspecified atom stereocenters. The molecule has 1 N–H and O–H groups in total. The molecule has 0 aromatic carbocycles. The molecule has 1 rings (SSSR count). The van der Waals surface area contributed by atoms with Gasteiger partial charge < -0.3 is 5.11 Å². The topological polar surface area (TPSA) is 74.0 Å². The Morgan fingerprint density at radius 1 is 1.53 bits per heavy atom. The average Bonchev–Trinajstić information content (AvgIpc) is 2.15. The minimum absolute atomic E-state index is 0.236. The second-order valence-corrected chi connectivity index (χ2v) is 2.53. The fourth-order valence-corrected chi connectivity index (χ4v) is 0.915.